The Balaban J connectivity index is 1.35. The van der Waals surface area contributed by atoms with Gasteiger partial charge in [-0.15, -0.1) is 0 Å². The molecule has 1 heterocycles. The lowest BCUT2D eigenvalue weighted by atomic mass is 10.2. The molecule has 1 fully saturated rings. The molecular weight excluding hydrogens is 423 g/mol. The van der Waals surface area contributed by atoms with Crippen molar-refractivity contribution in [1.29, 1.82) is 0 Å². The van der Waals surface area contributed by atoms with Crippen LogP contribution < -0.4 is 20.3 Å². The predicted molar refractivity (Wildman–Crippen MR) is 119 cm³/mol. The molecule has 0 atom stereocenters. The van der Waals surface area contributed by atoms with Crippen molar-refractivity contribution in [3.63, 3.8) is 0 Å². The highest BCUT2D eigenvalue weighted by Crippen LogP contribution is 2.27. The Morgan fingerprint density at radius 1 is 1.06 bits per heavy atom. The third-order valence-corrected chi connectivity index (χ3v) is 5.35. The third-order valence-electron chi connectivity index (χ3n) is 5.12. The standard InChI is InChI=1S/C22H26ClFN4O3/c1-31-20-8-3-16(23)15-19(20)26-22(30)21(29)25-9-2-10-27-11-13-28(14-12-27)18-6-4-17(24)5-7-18/h3-8,15H,2,9-14H2,1H3,(H,25,29)(H,26,30). The second-order valence-corrected chi connectivity index (χ2v) is 7.65. The smallest absolute Gasteiger partial charge is 0.313 e. The molecule has 2 aromatic rings. The average Bonchev–Trinajstić information content (AvgIpc) is 2.77. The Morgan fingerprint density at radius 3 is 2.45 bits per heavy atom. The fourth-order valence-electron chi connectivity index (χ4n) is 3.42. The zero-order chi connectivity index (χ0) is 22.2. The molecule has 0 aromatic heterocycles. The Bertz CT molecular complexity index is 902. The first-order valence-corrected chi connectivity index (χ1v) is 10.5. The number of amides is 2. The number of hydrogen-bond acceptors (Lipinski definition) is 5. The highest BCUT2D eigenvalue weighted by molar-refractivity contribution is 6.40. The number of benzene rings is 2. The van der Waals surface area contributed by atoms with Gasteiger partial charge in [-0.05, 0) is 55.4 Å². The lowest BCUT2D eigenvalue weighted by Gasteiger charge is -2.36. The molecule has 1 aliphatic rings. The van der Waals surface area contributed by atoms with E-state index < -0.39 is 11.8 Å². The molecule has 2 amide bonds. The minimum Gasteiger partial charge on any atom is -0.495 e. The maximum Gasteiger partial charge on any atom is 0.313 e. The molecular formula is C22H26ClFN4O3. The van der Waals surface area contributed by atoms with E-state index in [2.05, 4.69) is 20.4 Å². The van der Waals surface area contributed by atoms with Crippen molar-refractivity contribution in [2.75, 3.05) is 56.6 Å². The predicted octanol–water partition coefficient (Wildman–Crippen LogP) is 2.75. The number of rotatable bonds is 7. The molecule has 3 rings (SSSR count). The van der Waals surface area contributed by atoms with Gasteiger partial charge in [-0.3, -0.25) is 14.5 Å². The number of ether oxygens (including phenoxy) is 1. The molecule has 2 aromatic carbocycles. The van der Waals surface area contributed by atoms with Crippen molar-refractivity contribution in [2.45, 2.75) is 6.42 Å². The molecule has 1 aliphatic heterocycles. The highest BCUT2D eigenvalue weighted by Gasteiger charge is 2.18. The van der Waals surface area contributed by atoms with Crippen LogP contribution in [0.25, 0.3) is 0 Å². The van der Waals surface area contributed by atoms with Gasteiger partial charge in [0.15, 0.2) is 0 Å². The first-order chi connectivity index (χ1) is 15.0. The average molecular weight is 449 g/mol. The number of hydrogen-bond donors (Lipinski definition) is 2. The van der Waals surface area contributed by atoms with Crippen LogP contribution in [0.3, 0.4) is 0 Å². The van der Waals surface area contributed by atoms with Gasteiger partial charge in [0.2, 0.25) is 0 Å². The van der Waals surface area contributed by atoms with Crippen molar-refractivity contribution in [1.82, 2.24) is 10.2 Å². The van der Waals surface area contributed by atoms with Crippen LogP contribution in [0.2, 0.25) is 5.02 Å². The molecule has 7 nitrogen and oxygen atoms in total. The van der Waals surface area contributed by atoms with Gasteiger partial charge in [-0.25, -0.2) is 4.39 Å². The van der Waals surface area contributed by atoms with Crippen LogP contribution in [0.1, 0.15) is 6.42 Å². The minimum absolute atomic E-state index is 0.232. The summed E-state index contributed by atoms with van der Waals surface area (Å²) in [5.41, 5.74) is 1.37. The number of halogens is 2. The molecule has 0 saturated carbocycles. The van der Waals surface area contributed by atoms with Gasteiger partial charge >= 0.3 is 11.8 Å². The zero-order valence-electron chi connectivity index (χ0n) is 17.4. The molecule has 166 valence electrons. The van der Waals surface area contributed by atoms with Crippen molar-refractivity contribution in [3.8, 4) is 5.75 Å². The molecule has 31 heavy (non-hydrogen) atoms. The number of carbonyl (C=O) groups is 2. The third kappa shape index (κ3) is 6.57. The summed E-state index contributed by atoms with van der Waals surface area (Å²) in [7, 11) is 1.47. The summed E-state index contributed by atoms with van der Waals surface area (Å²) in [6.45, 7) is 4.73. The van der Waals surface area contributed by atoms with Crippen LogP contribution >= 0.6 is 11.6 Å². The minimum atomic E-state index is -0.770. The molecule has 0 radical (unpaired) electrons. The maximum absolute atomic E-state index is 13.1. The van der Waals surface area contributed by atoms with Crippen molar-refractivity contribution >= 4 is 34.8 Å². The van der Waals surface area contributed by atoms with E-state index in [9.17, 15) is 14.0 Å². The zero-order valence-corrected chi connectivity index (χ0v) is 18.1. The Labute approximate surface area is 186 Å². The largest absolute Gasteiger partial charge is 0.495 e. The maximum atomic E-state index is 13.1. The fraction of sp³-hybridized carbons (Fsp3) is 0.364. The van der Waals surface area contributed by atoms with Crippen LogP contribution in [0.5, 0.6) is 5.75 Å². The monoisotopic (exact) mass is 448 g/mol. The molecule has 2 N–H and O–H groups in total. The number of anilines is 2. The summed E-state index contributed by atoms with van der Waals surface area (Å²) in [4.78, 5) is 28.7. The van der Waals surface area contributed by atoms with Crippen molar-refractivity contribution in [3.05, 3.63) is 53.3 Å². The summed E-state index contributed by atoms with van der Waals surface area (Å²) >= 11 is 5.93. The number of piperazine rings is 1. The second kappa shape index (κ2) is 11.0. The Kier molecular flexibility index (Phi) is 8.08. The van der Waals surface area contributed by atoms with E-state index in [4.69, 9.17) is 16.3 Å². The molecule has 9 heteroatoms. The van der Waals surface area contributed by atoms with Gasteiger partial charge < -0.3 is 20.3 Å². The van der Waals surface area contributed by atoms with Gasteiger partial charge in [0, 0.05) is 43.4 Å². The van der Waals surface area contributed by atoms with E-state index in [1.807, 2.05) is 0 Å². The lowest BCUT2D eigenvalue weighted by molar-refractivity contribution is -0.136. The molecule has 1 saturated heterocycles. The van der Waals surface area contributed by atoms with E-state index in [-0.39, 0.29) is 5.82 Å². The number of carbonyl (C=O) groups excluding carboxylic acids is 2. The summed E-state index contributed by atoms with van der Waals surface area (Å²) in [5, 5.41) is 5.58. The Hall–Kier alpha value is -2.84. The van der Waals surface area contributed by atoms with Gasteiger partial charge in [0.1, 0.15) is 11.6 Å². The first kappa shape index (κ1) is 22.8. The van der Waals surface area contributed by atoms with Gasteiger partial charge in [0.05, 0.1) is 12.8 Å². The number of nitrogens with zero attached hydrogens (tertiary/aromatic N) is 2. The van der Waals surface area contributed by atoms with Crippen LogP contribution in [-0.4, -0.2) is 63.1 Å². The summed E-state index contributed by atoms with van der Waals surface area (Å²) in [6, 6.07) is 11.3. The van der Waals surface area contributed by atoms with E-state index in [1.165, 1.54) is 25.3 Å². The van der Waals surface area contributed by atoms with Crippen molar-refractivity contribution in [2.24, 2.45) is 0 Å². The van der Waals surface area contributed by atoms with E-state index in [1.54, 1.807) is 24.3 Å². The lowest BCUT2D eigenvalue weighted by Crippen LogP contribution is -2.47. The second-order valence-electron chi connectivity index (χ2n) is 7.21. The normalized spacial score (nSPS) is 14.2. The highest BCUT2D eigenvalue weighted by atomic mass is 35.5. The van der Waals surface area contributed by atoms with Gasteiger partial charge in [-0.1, -0.05) is 11.6 Å². The Morgan fingerprint density at radius 2 is 1.77 bits per heavy atom. The molecule has 0 unspecified atom stereocenters. The van der Waals surface area contributed by atoms with Crippen LogP contribution in [0.4, 0.5) is 15.8 Å². The van der Waals surface area contributed by atoms with Crippen molar-refractivity contribution < 1.29 is 18.7 Å². The topological polar surface area (TPSA) is 73.9 Å². The molecule has 0 spiro atoms. The van der Waals surface area contributed by atoms with E-state index >= 15 is 0 Å². The summed E-state index contributed by atoms with van der Waals surface area (Å²) < 4.78 is 18.2. The van der Waals surface area contributed by atoms with Crippen LogP contribution in [0, 0.1) is 5.82 Å². The number of methoxy groups -OCH3 is 1. The first-order valence-electron chi connectivity index (χ1n) is 10.1. The van der Waals surface area contributed by atoms with E-state index in [0.29, 0.717) is 23.0 Å². The molecule has 0 aliphatic carbocycles. The summed E-state index contributed by atoms with van der Waals surface area (Å²) in [5.74, 6) is -1.29. The number of nitrogens with one attached hydrogen (secondary N) is 2. The quantitative estimate of drug-likeness (QED) is 0.503. The van der Waals surface area contributed by atoms with Crippen LogP contribution in [0.15, 0.2) is 42.5 Å². The molecule has 0 bridgehead atoms. The fourth-order valence-corrected chi connectivity index (χ4v) is 3.60. The van der Waals surface area contributed by atoms with Gasteiger partial charge in [0.25, 0.3) is 0 Å². The van der Waals surface area contributed by atoms with E-state index in [0.717, 1.165) is 44.8 Å². The van der Waals surface area contributed by atoms with Gasteiger partial charge in [-0.2, -0.15) is 0 Å². The SMILES string of the molecule is COc1ccc(Cl)cc1NC(=O)C(=O)NCCCN1CCN(c2ccc(F)cc2)CC1. The summed E-state index contributed by atoms with van der Waals surface area (Å²) in [6.07, 6.45) is 0.732. The van der Waals surface area contributed by atoms with Crippen LogP contribution in [-0.2, 0) is 9.59 Å².